The highest BCUT2D eigenvalue weighted by Crippen LogP contribution is 2.16. The van der Waals surface area contributed by atoms with Gasteiger partial charge in [0.1, 0.15) is 5.82 Å². The summed E-state index contributed by atoms with van der Waals surface area (Å²) in [5, 5.41) is 3.20. The van der Waals surface area contributed by atoms with Gasteiger partial charge in [-0.15, -0.1) is 0 Å². The number of methoxy groups -OCH3 is 1. The van der Waals surface area contributed by atoms with E-state index in [0.717, 1.165) is 44.4 Å². The van der Waals surface area contributed by atoms with E-state index in [9.17, 15) is 0 Å². The molecular formula is C13H22N4O2. The molecule has 1 fully saturated rings. The van der Waals surface area contributed by atoms with Gasteiger partial charge in [-0.1, -0.05) is 0 Å². The average Bonchev–Trinajstić information content (AvgIpc) is 2.46. The number of morpholine rings is 1. The SMILES string of the molecule is CCNc1ccnc(N2CCO[C@H](CCOC)C2)n1. The van der Waals surface area contributed by atoms with E-state index in [2.05, 4.69) is 27.1 Å². The fourth-order valence-corrected chi connectivity index (χ4v) is 2.11. The van der Waals surface area contributed by atoms with Crippen LogP contribution in [0.2, 0.25) is 0 Å². The molecule has 0 bridgehead atoms. The summed E-state index contributed by atoms with van der Waals surface area (Å²) in [6.07, 6.45) is 2.89. The lowest BCUT2D eigenvalue weighted by molar-refractivity contribution is 0.0187. The van der Waals surface area contributed by atoms with Crippen LogP contribution in [0.25, 0.3) is 0 Å². The molecule has 0 amide bonds. The van der Waals surface area contributed by atoms with Crippen molar-refractivity contribution in [2.75, 3.05) is 50.2 Å². The van der Waals surface area contributed by atoms with E-state index in [1.54, 1.807) is 13.3 Å². The Labute approximate surface area is 114 Å². The highest BCUT2D eigenvalue weighted by Gasteiger charge is 2.22. The highest BCUT2D eigenvalue weighted by atomic mass is 16.5. The summed E-state index contributed by atoms with van der Waals surface area (Å²) < 4.78 is 10.8. The third-order valence-electron chi connectivity index (χ3n) is 3.07. The summed E-state index contributed by atoms with van der Waals surface area (Å²) in [7, 11) is 1.71. The Kier molecular flexibility index (Phi) is 5.35. The Morgan fingerprint density at radius 1 is 1.58 bits per heavy atom. The highest BCUT2D eigenvalue weighted by molar-refractivity contribution is 5.41. The predicted molar refractivity (Wildman–Crippen MR) is 74.6 cm³/mol. The number of ether oxygens (including phenoxy) is 2. The van der Waals surface area contributed by atoms with E-state index in [0.29, 0.717) is 6.61 Å². The third kappa shape index (κ3) is 4.04. The van der Waals surface area contributed by atoms with Gasteiger partial charge in [-0.3, -0.25) is 0 Å². The van der Waals surface area contributed by atoms with Crippen molar-refractivity contribution in [1.29, 1.82) is 0 Å². The maximum atomic E-state index is 5.72. The fourth-order valence-electron chi connectivity index (χ4n) is 2.11. The van der Waals surface area contributed by atoms with Crippen molar-refractivity contribution in [2.24, 2.45) is 0 Å². The maximum Gasteiger partial charge on any atom is 0.227 e. The summed E-state index contributed by atoms with van der Waals surface area (Å²) in [6, 6.07) is 1.88. The molecule has 1 aliphatic rings. The average molecular weight is 266 g/mol. The first kappa shape index (κ1) is 14.0. The fraction of sp³-hybridized carbons (Fsp3) is 0.692. The van der Waals surface area contributed by atoms with E-state index in [-0.39, 0.29) is 6.10 Å². The number of rotatable bonds is 6. The predicted octanol–water partition coefficient (Wildman–Crippen LogP) is 1.15. The summed E-state index contributed by atoms with van der Waals surface area (Å²) in [6.45, 7) is 5.99. The zero-order valence-corrected chi connectivity index (χ0v) is 11.6. The second kappa shape index (κ2) is 7.25. The zero-order chi connectivity index (χ0) is 13.5. The van der Waals surface area contributed by atoms with E-state index >= 15 is 0 Å². The van der Waals surface area contributed by atoms with Gasteiger partial charge in [0.2, 0.25) is 5.95 Å². The molecule has 1 saturated heterocycles. The Hall–Kier alpha value is -1.40. The maximum absolute atomic E-state index is 5.72. The number of hydrogen-bond acceptors (Lipinski definition) is 6. The molecule has 2 rings (SSSR count). The molecule has 1 N–H and O–H groups in total. The number of hydrogen-bond donors (Lipinski definition) is 1. The van der Waals surface area contributed by atoms with Gasteiger partial charge in [-0.2, -0.15) is 4.98 Å². The van der Waals surface area contributed by atoms with E-state index in [1.807, 2.05) is 6.07 Å². The molecule has 0 radical (unpaired) electrons. The molecule has 1 aliphatic heterocycles. The normalized spacial score (nSPS) is 19.5. The topological polar surface area (TPSA) is 59.5 Å². The molecule has 106 valence electrons. The van der Waals surface area contributed by atoms with Crippen molar-refractivity contribution >= 4 is 11.8 Å². The molecule has 1 aromatic rings. The van der Waals surface area contributed by atoms with Crippen LogP contribution in [0.5, 0.6) is 0 Å². The minimum atomic E-state index is 0.195. The van der Waals surface area contributed by atoms with Crippen LogP contribution in [0.1, 0.15) is 13.3 Å². The van der Waals surface area contributed by atoms with Gasteiger partial charge >= 0.3 is 0 Å². The monoisotopic (exact) mass is 266 g/mol. The van der Waals surface area contributed by atoms with Crippen LogP contribution in [-0.2, 0) is 9.47 Å². The van der Waals surface area contributed by atoms with Gasteiger partial charge < -0.3 is 19.7 Å². The first-order valence-electron chi connectivity index (χ1n) is 6.76. The summed E-state index contributed by atoms with van der Waals surface area (Å²) in [5.41, 5.74) is 0. The molecule has 2 heterocycles. The van der Waals surface area contributed by atoms with Gasteiger partial charge in [0, 0.05) is 39.5 Å². The van der Waals surface area contributed by atoms with Crippen LogP contribution in [0.3, 0.4) is 0 Å². The number of aromatic nitrogens is 2. The Balaban J connectivity index is 1.98. The van der Waals surface area contributed by atoms with Gasteiger partial charge in [-0.25, -0.2) is 4.98 Å². The van der Waals surface area contributed by atoms with Gasteiger partial charge in [0.15, 0.2) is 0 Å². The molecule has 6 heteroatoms. The zero-order valence-electron chi connectivity index (χ0n) is 11.6. The number of nitrogens with one attached hydrogen (secondary N) is 1. The summed E-state index contributed by atoms with van der Waals surface area (Å²) >= 11 is 0. The van der Waals surface area contributed by atoms with Crippen molar-refractivity contribution in [3.05, 3.63) is 12.3 Å². The van der Waals surface area contributed by atoms with Crippen molar-refractivity contribution in [3.63, 3.8) is 0 Å². The van der Waals surface area contributed by atoms with Crippen molar-refractivity contribution in [3.8, 4) is 0 Å². The van der Waals surface area contributed by atoms with Crippen LogP contribution >= 0.6 is 0 Å². The molecule has 0 unspecified atom stereocenters. The second-order valence-corrected chi connectivity index (χ2v) is 4.49. The first-order valence-corrected chi connectivity index (χ1v) is 6.76. The molecule has 0 aromatic carbocycles. The smallest absolute Gasteiger partial charge is 0.227 e. The van der Waals surface area contributed by atoms with Gasteiger partial charge in [0.05, 0.1) is 12.7 Å². The molecule has 1 atom stereocenters. The van der Waals surface area contributed by atoms with Crippen molar-refractivity contribution < 1.29 is 9.47 Å². The largest absolute Gasteiger partial charge is 0.385 e. The lowest BCUT2D eigenvalue weighted by atomic mass is 10.2. The van der Waals surface area contributed by atoms with E-state index in [1.165, 1.54) is 0 Å². The quantitative estimate of drug-likeness (QED) is 0.833. The lowest BCUT2D eigenvalue weighted by Gasteiger charge is -2.33. The van der Waals surface area contributed by atoms with Gasteiger partial charge in [-0.05, 0) is 19.4 Å². The van der Waals surface area contributed by atoms with E-state index in [4.69, 9.17) is 9.47 Å². The van der Waals surface area contributed by atoms with Crippen molar-refractivity contribution in [1.82, 2.24) is 9.97 Å². The number of nitrogens with zero attached hydrogens (tertiary/aromatic N) is 3. The van der Waals surface area contributed by atoms with Crippen LogP contribution in [0, 0.1) is 0 Å². The van der Waals surface area contributed by atoms with Crippen molar-refractivity contribution in [2.45, 2.75) is 19.4 Å². The number of anilines is 2. The summed E-state index contributed by atoms with van der Waals surface area (Å²) in [5.74, 6) is 1.64. The molecule has 0 spiro atoms. The van der Waals surface area contributed by atoms with Crippen LogP contribution in [0.15, 0.2) is 12.3 Å². The van der Waals surface area contributed by atoms with E-state index < -0.39 is 0 Å². The molecule has 0 aliphatic carbocycles. The Bertz CT molecular complexity index is 389. The van der Waals surface area contributed by atoms with Crippen LogP contribution in [-0.4, -0.2) is 56.0 Å². The first-order chi connectivity index (χ1) is 9.33. The Morgan fingerprint density at radius 2 is 2.47 bits per heavy atom. The standard InChI is InChI=1S/C13H22N4O2/c1-3-14-12-4-6-15-13(16-12)17-7-9-19-11(10-17)5-8-18-2/h4,6,11H,3,5,7-10H2,1-2H3,(H,14,15,16)/t11-/m1/s1. The molecular weight excluding hydrogens is 244 g/mol. The van der Waals surface area contributed by atoms with Crippen LogP contribution in [0.4, 0.5) is 11.8 Å². The van der Waals surface area contributed by atoms with Crippen LogP contribution < -0.4 is 10.2 Å². The van der Waals surface area contributed by atoms with Gasteiger partial charge in [0.25, 0.3) is 0 Å². The molecule has 19 heavy (non-hydrogen) atoms. The summed E-state index contributed by atoms with van der Waals surface area (Å²) in [4.78, 5) is 11.0. The third-order valence-corrected chi connectivity index (χ3v) is 3.07. The second-order valence-electron chi connectivity index (χ2n) is 4.49. The molecule has 1 aromatic heterocycles. The molecule has 0 saturated carbocycles. The Morgan fingerprint density at radius 3 is 3.26 bits per heavy atom. The lowest BCUT2D eigenvalue weighted by Crippen LogP contribution is -2.43. The minimum absolute atomic E-state index is 0.195. The molecule has 6 nitrogen and oxygen atoms in total. The minimum Gasteiger partial charge on any atom is -0.385 e.